The Bertz CT molecular complexity index is 770. The molecule has 24 heavy (non-hydrogen) atoms. The van der Waals surface area contributed by atoms with Crippen LogP contribution in [0.3, 0.4) is 0 Å². The second-order valence-corrected chi connectivity index (χ2v) is 8.83. The fourth-order valence-electron chi connectivity index (χ4n) is 2.25. The lowest BCUT2D eigenvalue weighted by Gasteiger charge is -2.13. The summed E-state index contributed by atoms with van der Waals surface area (Å²) in [5.41, 5.74) is 0.00360. The molecular formula is C17H17F3O2S2. The van der Waals surface area contributed by atoms with Gasteiger partial charge in [-0.15, -0.1) is 0 Å². The van der Waals surface area contributed by atoms with Gasteiger partial charge in [-0.2, -0.15) is 11.8 Å². The van der Waals surface area contributed by atoms with Crippen molar-refractivity contribution in [3.8, 4) is 0 Å². The van der Waals surface area contributed by atoms with Crippen molar-refractivity contribution < 1.29 is 21.6 Å². The van der Waals surface area contributed by atoms with E-state index in [1.165, 1.54) is 42.1 Å². The fraction of sp³-hybridized carbons (Fsp3) is 0.294. The molecule has 0 saturated heterocycles. The van der Waals surface area contributed by atoms with E-state index in [0.29, 0.717) is 12.2 Å². The van der Waals surface area contributed by atoms with Gasteiger partial charge < -0.3 is 0 Å². The van der Waals surface area contributed by atoms with Crippen LogP contribution < -0.4 is 0 Å². The number of thioether (sulfide) groups is 1. The van der Waals surface area contributed by atoms with Crippen molar-refractivity contribution in [1.82, 2.24) is 0 Å². The molecule has 0 aliphatic rings. The molecule has 2 rings (SSSR count). The van der Waals surface area contributed by atoms with Gasteiger partial charge in [0.15, 0.2) is 9.84 Å². The smallest absolute Gasteiger partial charge is 0.178 e. The zero-order chi connectivity index (χ0) is 17.7. The average Bonchev–Trinajstić information content (AvgIpc) is 2.52. The van der Waals surface area contributed by atoms with E-state index in [0.717, 1.165) is 12.1 Å². The van der Waals surface area contributed by atoms with E-state index in [9.17, 15) is 21.6 Å². The van der Waals surface area contributed by atoms with Crippen LogP contribution in [-0.2, 0) is 9.84 Å². The summed E-state index contributed by atoms with van der Waals surface area (Å²) < 4.78 is 64.4. The molecule has 0 heterocycles. The Kier molecular flexibility index (Phi) is 6.34. The molecule has 2 aromatic rings. The maximum atomic E-state index is 13.7. The SMILES string of the molecule is CC(SCCCS(=O)(=O)c1ccc(F)cc1)c1c(F)cccc1F. The first-order chi connectivity index (χ1) is 11.3. The van der Waals surface area contributed by atoms with Gasteiger partial charge in [-0.1, -0.05) is 6.07 Å². The van der Waals surface area contributed by atoms with Gasteiger partial charge >= 0.3 is 0 Å². The lowest BCUT2D eigenvalue weighted by Crippen LogP contribution is -2.08. The Morgan fingerprint density at radius 2 is 1.58 bits per heavy atom. The Hall–Kier alpha value is -1.47. The van der Waals surface area contributed by atoms with Crippen LogP contribution in [0.2, 0.25) is 0 Å². The number of benzene rings is 2. The second kappa shape index (κ2) is 8.07. The minimum Gasteiger partial charge on any atom is -0.224 e. The maximum Gasteiger partial charge on any atom is 0.178 e. The molecule has 130 valence electrons. The number of sulfone groups is 1. The molecule has 0 radical (unpaired) electrons. The molecule has 0 fully saturated rings. The lowest BCUT2D eigenvalue weighted by molar-refractivity contribution is 0.557. The zero-order valence-corrected chi connectivity index (χ0v) is 14.6. The Labute approximate surface area is 144 Å². The highest BCUT2D eigenvalue weighted by Crippen LogP contribution is 2.32. The summed E-state index contributed by atoms with van der Waals surface area (Å²) >= 11 is 1.29. The molecule has 0 aliphatic carbocycles. The van der Waals surface area contributed by atoms with Crippen LogP contribution in [0.25, 0.3) is 0 Å². The minimum absolute atomic E-state index is 0.00360. The molecule has 2 nitrogen and oxygen atoms in total. The Morgan fingerprint density at radius 3 is 2.17 bits per heavy atom. The minimum atomic E-state index is -3.48. The van der Waals surface area contributed by atoms with Gasteiger partial charge in [0.05, 0.1) is 10.6 Å². The number of rotatable bonds is 7. The number of halogens is 3. The lowest BCUT2D eigenvalue weighted by atomic mass is 10.1. The zero-order valence-electron chi connectivity index (χ0n) is 13.0. The average molecular weight is 374 g/mol. The summed E-state index contributed by atoms with van der Waals surface area (Å²) in [7, 11) is -3.48. The third-order valence-electron chi connectivity index (χ3n) is 3.50. The first-order valence-corrected chi connectivity index (χ1v) is 10.0. The molecule has 0 bridgehead atoms. The molecule has 2 aromatic carbocycles. The van der Waals surface area contributed by atoms with Gasteiger partial charge in [0.2, 0.25) is 0 Å². The van der Waals surface area contributed by atoms with Gasteiger partial charge in [0, 0.05) is 10.8 Å². The van der Waals surface area contributed by atoms with E-state index in [-0.39, 0.29) is 16.2 Å². The monoisotopic (exact) mass is 374 g/mol. The van der Waals surface area contributed by atoms with Crippen molar-refractivity contribution in [2.75, 3.05) is 11.5 Å². The first-order valence-electron chi connectivity index (χ1n) is 7.35. The maximum absolute atomic E-state index is 13.7. The molecule has 1 unspecified atom stereocenters. The van der Waals surface area contributed by atoms with E-state index >= 15 is 0 Å². The van der Waals surface area contributed by atoms with Crippen LogP contribution >= 0.6 is 11.8 Å². The summed E-state index contributed by atoms with van der Waals surface area (Å²) in [5.74, 6) is -1.36. The summed E-state index contributed by atoms with van der Waals surface area (Å²) in [5, 5.41) is -0.417. The molecule has 1 atom stereocenters. The van der Waals surface area contributed by atoms with Crippen LogP contribution in [0.4, 0.5) is 13.2 Å². The quantitative estimate of drug-likeness (QED) is 0.517. The molecule has 7 heteroatoms. The van der Waals surface area contributed by atoms with Crippen LogP contribution in [0.1, 0.15) is 24.2 Å². The number of hydrogen-bond donors (Lipinski definition) is 0. The predicted molar refractivity (Wildman–Crippen MR) is 90.3 cm³/mol. The molecule has 0 saturated carbocycles. The van der Waals surface area contributed by atoms with Crippen molar-refractivity contribution in [3.05, 3.63) is 65.5 Å². The van der Waals surface area contributed by atoms with Crippen molar-refractivity contribution >= 4 is 21.6 Å². The molecule has 0 aromatic heterocycles. The van der Waals surface area contributed by atoms with Crippen LogP contribution in [0, 0.1) is 17.5 Å². The summed E-state index contributed by atoms with van der Waals surface area (Å²) in [4.78, 5) is 0.0714. The normalized spacial score (nSPS) is 13.0. The topological polar surface area (TPSA) is 34.1 Å². The molecular weight excluding hydrogens is 357 g/mol. The second-order valence-electron chi connectivity index (χ2n) is 5.27. The first kappa shape index (κ1) is 18.9. The van der Waals surface area contributed by atoms with Crippen molar-refractivity contribution in [1.29, 1.82) is 0 Å². The van der Waals surface area contributed by atoms with E-state index in [2.05, 4.69) is 0 Å². The fourth-order valence-corrected chi connectivity index (χ4v) is 4.80. The largest absolute Gasteiger partial charge is 0.224 e. The van der Waals surface area contributed by atoms with Gasteiger partial charge in [-0.05, 0) is 55.5 Å². The van der Waals surface area contributed by atoms with E-state index in [1.807, 2.05) is 0 Å². The van der Waals surface area contributed by atoms with E-state index < -0.39 is 32.5 Å². The Balaban J connectivity index is 1.89. The van der Waals surface area contributed by atoms with Crippen LogP contribution in [-0.4, -0.2) is 19.9 Å². The predicted octanol–water partition coefficient (Wildman–Crippen LogP) is 4.76. The molecule has 0 spiro atoms. The third kappa shape index (κ3) is 4.77. The Morgan fingerprint density at radius 1 is 1.00 bits per heavy atom. The molecule has 0 amide bonds. The highest BCUT2D eigenvalue weighted by atomic mass is 32.2. The van der Waals surface area contributed by atoms with Crippen molar-refractivity contribution in [3.63, 3.8) is 0 Å². The number of hydrogen-bond acceptors (Lipinski definition) is 3. The highest BCUT2D eigenvalue weighted by Gasteiger charge is 2.18. The van der Waals surface area contributed by atoms with Gasteiger partial charge in [0.1, 0.15) is 17.5 Å². The highest BCUT2D eigenvalue weighted by molar-refractivity contribution is 7.99. The van der Waals surface area contributed by atoms with Gasteiger partial charge in [0.25, 0.3) is 0 Å². The summed E-state index contributed by atoms with van der Waals surface area (Å²) in [6, 6.07) is 8.38. The summed E-state index contributed by atoms with van der Waals surface area (Å²) in [6.45, 7) is 1.68. The van der Waals surface area contributed by atoms with Gasteiger partial charge in [-0.25, -0.2) is 21.6 Å². The van der Waals surface area contributed by atoms with Crippen molar-refractivity contribution in [2.24, 2.45) is 0 Å². The molecule has 0 aliphatic heterocycles. The van der Waals surface area contributed by atoms with Gasteiger partial charge in [-0.3, -0.25) is 0 Å². The summed E-state index contributed by atoms with van der Waals surface area (Å²) in [6.07, 6.45) is 0.338. The van der Waals surface area contributed by atoms with E-state index in [1.54, 1.807) is 6.92 Å². The van der Waals surface area contributed by atoms with Crippen molar-refractivity contribution in [2.45, 2.75) is 23.5 Å². The van der Waals surface area contributed by atoms with Crippen LogP contribution in [0.5, 0.6) is 0 Å². The third-order valence-corrected chi connectivity index (χ3v) is 6.58. The van der Waals surface area contributed by atoms with Crippen LogP contribution in [0.15, 0.2) is 47.4 Å². The van der Waals surface area contributed by atoms with E-state index in [4.69, 9.17) is 0 Å². The molecule has 0 N–H and O–H groups in total. The standard InChI is InChI=1S/C17H17F3O2S2/c1-12(17-15(19)4-2-5-16(17)20)23-10-3-11-24(21,22)14-8-6-13(18)7-9-14/h2,4-9,12H,3,10-11H2,1H3.